The highest BCUT2D eigenvalue weighted by molar-refractivity contribution is 5.96. The average molecular weight is 318 g/mol. The molecule has 0 aliphatic heterocycles. The van der Waals surface area contributed by atoms with Gasteiger partial charge in [0.05, 0.1) is 17.6 Å². The zero-order valence-electron chi connectivity index (χ0n) is 13.7. The first-order valence-electron chi connectivity index (χ1n) is 7.79. The van der Waals surface area contributed by atoms with Crippen molar-refractivity contribution in [2.75, 3.05) is 5.32 Å². The van der Waals surface area contributed by atoms with Crippen LogP contribution in [-0.2, 0) is 11.2 Å². The van der Waals surface area contributed by atoms with Gasteiger partial charge in [-0.05, 0) is 55.8 Å². The van der Waals surface area contributed by atoms with Crippen molar-refractivity contribution in [2.24, 2.45) is 0 Å². The standard InChI is InChI=1S/C20H18N2O2/c1-13-11-16-5-3-4-6-18(16)22-19(13)12-20(24)21-17-9-7-15(8-10-17)14(2)23/h3-11H,12H2,1-2H3,(H,21,24). The van der Waals surface area contributed by atoms with E-state index in [1.165, 1.54) is 6.92 Å². The number of amides is 1. The van der Waals surface area contributed by atoms with Gasteiger partial charge in [0.25, 0.3) is 0 Å². The van der Waals surface area contributed by atoms with Gasteiger partial charge in [0.15, 0.2) is 5.78 Å². The van der Waals surface area contributed by atoms with Gasteiger partial charge in [-0.2, -0.15) is 0 Å². The third-order valence-corrected chi connectivity index (χ3v) is 3.92. The second-order valence-corrected chi connectivity index (χ2v) is 5.80. The molecule has 1 aromatic heterocycles. The molecule has 4 heteroatoms. The van der Waals surface area contributed by atoms with Crippen LogP contribution in [0.1, 0.15) is 28.5 Å². The number of Topliss-reactive ketones (excluding diaryl/α,β-unsaturated/α-hetero) is 1. The van der Waals surface area contributed by atoms with Gasteiger partial charge < -0.3 is 5.32 Å². The number of rotatable bonds is 4. The molecule has 0 atom stereocenters. The maximum Gasteiger partial charge on any atom is 0.230 e. The van der Waals surface area contributed by atoms with E-state index in [0.29, 0.717) is 11.3 Å². The number of nitrogens with one attached hydrogen (secondary N) is 1. The number of aryl methyl sites for hydroxylation is 1. The molecule has 0 aliphatic carbocycles. The smallest absolute Gasteiger partial charge is 0.230 e. The second kappa shape index (κ2) is 6.62. The van der Waals surface area contributed by atoms with Crippen molar-refractivity contribution in [1.29, 1.82) is 0 Å². The van der Waals surface area contributed by atoms with Crippen LogP contribution in [0.5, 0.6) is 0 Å². The van der Waals surface area contributed by atoms with Gasteiger partial charge in [-0.3, -0.25) is 14.6 Å². The van der Waals surface area contributed by atoms with Crippen LogP contribution in [0.25, 0.3) is 10.9 Å². The van der Waals surface area contributed by atoms with Gasteiger partial charge in [0.2, 0.25) is 5.91 Å². The SMILES string of the molecule is CC(=O)c1ccc(NC(=O)Cc2nc3ccccc3cc2C)cc1. The number of hydrogen-bond donors (Lipinski definition) is 1. The van der Waals surface area contributed by atoms with E-state index in [-0.39, 0.29) is 18.1 Å². The topological polar surface area (TPSA) is 59.1 Å². The molecule has 0 bridgehead atoms. The molecule has 120 valence electrons. The third-order valence-electron chi connectivity index (χ3n) is 3.92. The lowest BCUT2D eigenvalue weighted by Crippen LogP contribution is -2.16. The molecule has 0 fully saturated rings. The average Bonchev–Trinajstić information content (AvgIpc) is 2.56. The maximum absolute atomic E-state index is 12.3. The van der Waals surface area contributed by atoms with Crippen molar-refractivity contribution in [3.05, 3.63) is 71.4 Å². The highest BCUT2D eigenvalue weighted by Crippen LogP contribution is 2.17. The summed E-state index contributed by atoms with van der Waals surface area (Å²) in [5, 5.41) is 3.91. The van der Waals surface area contributed by atoms with Crippen molar-refractivity contribution in [1.82, 2.24) is 4.98 Å². The number of anilines is 1. The molecule has 0 saturated carbocycles. The van der Waals surface area contributed by atoms with E-state index in [9.17, 15) is 9.59 Å². The third kappa shape index (κ3) is 3.49. The molecule has 0 spiro atoms. The highest BCUT2D eigenvalue weighted by Gasteiger charge is 2.10. The number of carbonyl (C=O) groups excluding carboxylic acids is 2. The van der Waals surface area contributed by atoms with Crippen molar-refractivity contribution in [3.63, 3.8) is 0 Å². The van der Waals surface area contributed by atoms with Crippen molar-refractivity contribution >= 4 is 28.3 Å². The molecule has 0 saturated heterocycles. The Morgan fingerprint density at radius 2 is 1.75 bits per heavy atom. The molecule has 1 amide bonds. The maximum atomic E-state index is 12.3. The Bertz CT molecular complexity index is 915. The lowest BCUT2D eigenvalue weighted by Gasteiger charge is -2.09. The summed E-state index contributed by atoms with van der Waals surface area (Å²) in [5.74, 6) is -0.125. The Labute approximate surface area is 140 Å². The molecule has 0 aliphatic rings. The molecule has 24 heavy (non-hydrogen) atoms. The zero-order chi connectivity index (χ0) is 17.1. The summed E-state index contributed by atoms with van der Waals surface area (Å²) in [7, 11) is 0. The zero-order valence-corrected chi connectivity index (χ0v) is 13.7. The van der Waals surface area contributed by atoms with Crippen LogP contribution in [0, 0.1) is 6.92 Å². The largest absolute Gasteiger partial charge is 0.326 e. The Hall–Kier alpha value is -3.01. The van der Waals surface area contributed by atoms with Gasteiger partial charge in [0, 0.05) is 16.6 Å². The molecule has 3 rings (SSSR count). The first-order valence-corrected chi connectivity index (χ1v) is 7.79. The fraction of sp³-hybridized carbons (Fsp3) is 0.150. The number of benzene rings is 2. The van der Waals surface area contributed by atoms with E-state index in [2.05, 4.69) is 10.3 Å². The normalized spacial score (nSPS) is 10.6. The number of pyridine rings is 1. The number of ketones is 1. The fourth-order valence-electron chi connectivity index (χ4n) is 2.59. The summed E-state index contributed by atoms with van der Waals surface area (Å²) in [5.41, 5.74) is 3.95. The van der Waals surface area contributed by atoms with Crippen LogP contribution in [0.15, 0.2) is 54.6 Å². The molecule has 0 radical (unpaired) electrons. The van der Waals surface area contributed by atoms with Crippen molar-refractivity contribution in [2.45, 2.75) is 20.3 Å². The molecule has 4 nitrogen and oxygen atoms in total. The lowest BCUT2D eigenvalue weighted by atomic mass is 10.1. The van der Waals surface area contributed by atoms with E-state index in [0.717, 1.165) is 22.2 Å². The van der Waals surface area contributed by atoms with Gasteiger partial charge >= 0.3 is 0 Å². The first-order chi connectivity index (χ1) is 11.5. The minimum Gasteiger partial charge on any atom is -0.326 e. The van der Waals surface area contributed by atoms with E-state index in [4.69, 9.17) is 0 Å². The minimum atomic E-state index is -0.128. The summed E-state index contributed by atoms with van der Waals surface area (Å²) in [6.07, 6.45) is 0.213. The van der Waals surface area contributed by atoms with Crippen LogP contribution in [0.2, 0.25) is 0 Å². The van der Waals surface area contributed by atoms with Crippen LogP contribution >= 0.6 is 0 Å². The molecule has 0 unspecified atom stereocenters. The van der Waals surface area contributed by atoms with Crippen molar-refractivity contribution < 1.29 is 9.59 Å². The fourth-order valence-corrected chi connectivity index (χ4v) is 2.59. The summed E-state index contributed by atoms with van der Waals surface area (Å²) < 4.78 is 0. The van der Waals surface area contributed by atoms with Gasteiger partial charge in [-0.25, -0.2) is 0 Å². The number of aromatic nitrogens is 1. The number of para-hydroxylation sites is 1. The Balaban J connectivity index is 1.74. The Morgan fingerprint density at radius 3 is 2.46 bits per heavy atom. The molecular weight excluding hydrogens is 300 g/mol. The van der Waals surface area contributed by atoms with E-state index in [1.807, 2.05) is 37.3 Å². The number of carbonyl (C=O) groups is 2. The molecule has 3 aromatic rings. The summed E-state index contributed by atoms with van der Waals surface area (Å²) in [4.78, 5) is 28.1. The molecule has 1 heterocycles. The quantitative estimate of drug-likeness (QED) is 0.742. The summed E-state index contributed by atoms with van der Waals surface area (Å²) in [6, 6.07) is 16.8. The van der Waals surface area contributed by atoms with Gasteiger partial charge in [-0.1, -0.05) is 18.2 Å². The summed E-state index contributed by atoms with van der Waals surface area (Å²) >= 11 is 0. The van der Waals surface area contributed by atoms with Gasteiger partial charge in [0.1, 0.15) is 0 Å². The predicted octanol–water partition coefficient (Wildman–Crippen LogP) is 3.93. The Morgan fingerprint density at radius 1 is 1.04 bits per heavy atom. The first kappa shape index (κ1) is 15.9. The van der Waals surface area contributed by atoms with Gasteiger partial charge in [-0.15, -0.1) is 0 Å². The van der Waals surface area contributed by atoms with E-state index in [1.54, 1.807) is 24.3 Å². The van der Waals surface area contributed by atoms with Crippen LogP contribution in [0.3, 0.4) is 0 Å². The van der Waals surface area contributed by atoms with E-state index < -0.39 is 0 Å². The molecule has 2 aromatic carbocycles. The van der Waals surface area contributed by atoms with Crippen molar-refractivity contribution in [3.8, 4) is 0 Å². The van der Waals surface area contributed by atoms with Crippen LogP contribution in [0.4, 0.5) is 5.69 Å². The van der Waals surface area contributed by atoms with Crippen LogP contribution in [-0.4, -0.2) is 16.7 Å². The minimum absolute atomic E-state index is 0.00358. The molecule has 1 N–H and O–H groups in total. The predicted molar refractivity (Wildman–Crippen MR) is 95.3 cm³/mol. The number of hydrogen-bond acceptors (Lipinski definition) is 3. The lowest BCUT2D eigenvalue weighted by molar-refractivity contribution is -0.115. The van der Waals surface area contributed by atoms with Crippen LogP contribution < -0.4 is 5.32 Å². The monoisotopic (exact) mass is 318 g/mol. The highest BCUT2D eigenvalue weighted by atomic mass is 16.1. The van der Waals surface area contributed by atoms with E-state index >= 15 is 0 Å². The summed E-state index contributed by atoms with van der Waals surface area (Å²) in [6.45, 7) is 3.48. The number of fused-ring (bicyclic) bond motifs is 1. The number of nitrogens with zero attached hydrogens (tertiary/aromatic N) is 1. The Kier molecular flexibility index (Phi) is 4.38. The molecular formula is C20H18N2O2. The second-order valence-electron chi connectivity index (χ2n) is 5.80.